The number of nitrogens with one attached hydrogen (secondary N) is 1. The van der Waals surface area contributed by atoms with E-state index >= 15 is 0 Å². The van der Waals surface area contributed by atoms with Crippen LogP contribution in [0.15, 0.2) is 18.2 Å². The molecule has 0 radical (unpaired) electrons. The summed E-state index contributed by atoms with van der Waals surface area (Å²) in [6, 6.07) is 4.49. The second-order valence-corrected chi connectivity index (χ2v) is 5.82. The molecule has 0 aliphatic carbocycles. The van der Waals surface area contributed by atoms with E-state index in [0.29, 0.717) is 12.3 Å². The molecule has 0 spiro atoms. The second kappa shape index (κ2) is 8.09. The summed E-state index contributed by atoms with van der Waals surface area (Å²) in [5.74, 6) is 0.406. The summed E-state index contributed by atoms with van der Waals surface area (Å²) in [5, 5.41) is 24.3. The first-order valence-electron chi connectivity index (χ1n) is 7.67. The molecule has 1 aliphatic rings. The minimum Gasteiger partial charge on any atom is -0.488 e. The van der Waals surface area contributed by atoms with Gasteiger partial charge in [-0.15, -0.1) is 0 Å². The highest BCUT2D eigenvalue weighted by atomic mass is 16.6. The minimum absolute atomic E-state index is 0.0257. The molecule has 23 heavy (non-hydrogen) atoms. The molecule has 0 bridgehead atoms. The molecule has 1 heterocycles. The van der Waals surface area contributed by atoms with Crippen molar-refractivity contribution in [2.45, 2.75) is 6.10 Å². The molecule has 0 amide bonds. The van der Waals surface area contributed by atoms with Crippen LogP contribution in [0.2, 0.25) is 0 Å². The van der Waals surface area contributed by atoms with Gasteiger partial charge in [-0.2, -0.15) is 0 Å². The number of nitrogens with zero attached hydrogens (tertiary/aromatic N) is 3. The van der Waals surface area contributed by atoms with E-state index in [4.69, 9.17) is 4.74 Å². The molecule has 2 rings (SSSR count). The maximum atomic E-state index is 10.9. The molecule has 1 saturated heterocycles. The highest BCUT2D eigenvalue weighted by molar-refractivity contribution is 5.61. The summed E-state index contributed by atoms with van der Waals surface area (Å²) in [7, 11) is 3.68. The zero-order valence-corrected chi connectivity index (χ0v) is 13.6. The van der Waals surface area contributed by atoms with E-state index in [9.17, 15) is 15.2 Å². The van der Waals surface area contributed by atoms with E-state index in [1.807, 2.05) is 19.0 Å². The molecule has 1 aromatic rings. The van der Waals surface area contributed by atoms with Crippen molar-refractivity contribution in [3.8, 4) is 5.75 Å². The number of nitro benzene ring substituents is 1. The van der Waals surface area contributed by atoms with Crippen molar-refractivity contribution in [3.63, 3.8) is 0 Å². The lowest BCUT2D eigenvalue weighted by Gasteiger charge is -2.29. The predicted molar refractivity (Wildman–Crippen MR) is 88.2 cm³/mol. The molecule has 1 aliphatic heterocycles. The molecule has 1 aromatic carbocycles. The summed E-state index contributed by atoms with van der Waals surface area (Å²) in [4.78, 5) is 14.4. The summed E-state index contributed by atoms with van der Waals surface area (Å²) in [6.45, 7) is 4.28. The number of anilines is 1. The van der Waals surface area contributed by atoms with Crippen molar-refractivity contribution in [2.75, 3.05) is 58.3 Å². The zero-order valence-electron chi connectivity index (χ0n) is 13.6. The van der Waals surface area contributed by atoms with Crippen LogP contribution in [0.4, 0.5) is 11.4 Å². The maximum Gasteiger partial charge on any atom is 0.273 e. The number of nitro groups is 1. The van der Waals surface area contributed by atoms with Gasteiger partial charge in [-0.1, -0.05) is 0 Å². The monoisotopic (exact) mass is 324 g/mol. The first kappa shape index (κ1) is 17.5. The van der Waals surface area contributed by atoms with Crippen molar-refractivity contribution in [3.05, 3.63) is 28.3 Å². The summed E-state index contributed by atoms with van der Waals surface area (Å²) in [6.07, 6.45) is -0.637. The Labute approximate surface area is 135 Å². The number of benzene rings is 1. The number of aliphatic hydroxyl groups excluding tert-OH is 1. The quantitative estimate of drug-likeness (QED) is 0.551. The topological polar surface area (TPSA) is 91.1 Å². The van der Waals surface area contributed by atoms with Gasteiger partial charge >= 0.3 is 0 Å². The van der Waals surface area contributed by atoms with E-state index in [1.54, 1.807) is 6.07 Å². The predicted octanol–water partition coefficient (Wildman–Crippen LogP) is 0.306. The minimum atomic E-state index is -0.637. The number of β-amino-alcohol motifs (C(OH)–C–C–N with tert-alkyl or cyclic N) is 1. The van der Waals surface area contributed by atoms with Gasteiger partial charge in [-0.3, -0.25) is 15.0 Å². The van der Waals surface area contributed by atoms with Crippen LogP contribution in [-0.4, -0.2) is 74.5 Å². The van der Waals surface area contributed by atoms with E-state index in [1.165, 1.54) is 12.1 Å². The Balaban J connectivity index is 1.97. The Morgan fingerprint density at radius 1 is 1.43 bits per heavy atom. The molecular formula is C15H24N4O4. The van der Waals surface area contributed by atoms with Crippen LogP contribution in [0, 0.1) is 10.1 Å². The highest BCUT2D eigenvalue weighted by Crippen LogP contribution is 2.31. The van der Waals surface area contributed by atoms with Gasteiger partial charge in [0.15, 0.2) is 0 Å². The molecule has 1 fully saturated rings. The lowest BCUT2D eigenvalue weighted by Crippen LogP contribution is -2.47. The fraction of sp³-hybridized carbons (Fsp3) is 0.600. The number of aliphatic hydroxyl groups is 1. The SMILES string of the molecule is CN(C)c1ccc([N+](=O)[O-])cc1OCC(O)CN1CCNCC1. The van der Waals surface area contributed by atoms with Crippen LogP contribution in [-0.2, 0) is 0 Å². The molecule has 2 N–H and O–H groups in total. The molecule has 8 nitrogen and oxygen atoms in total. The summed E-state index contributed by atoms with van der Waals surface area (Å²) < 4.78 is 5.65. The third-order valence-corrected chi connectivity index (χ3v) is 3.75. The van der Waals surface area contributed by atoms with Crippen molar-refractivity contribution in [2.24, 2.45) is 0 Å². The molecule has 1 unspecified atom stereocenters. The third-order valence-electron chi connectivity index (χ3n) is 3.75. The standard InChI is InChI=1S/C15H24N4O4/c1-17(2)14-4-3-12(19(21)22)9-15(14)23-11-13(20)10-18-7-5-16-6-8-18/h3-4,9,13,16,20H,5-8,10-11H2,1-2H3. The van der Waals surface area contributed by atoms with Gasteiger partial charge in [0.2, 0.25) is 0 Å². The molecule has 8 heteroatoms. The van der Waals surface area contributed by atoms with Gasteiger partial charge in [0.25, 0.3) is 5.69 Å². The van der Waals surface area contributed by atoms with Crippen molar-refractivity contribution >= 4 is 11.4 Å². The number of non-ortho nitro benzene ring substituents is 1. The van der Waals surface area contributed by atoms with Gasteiger partial charge in [-0.05, 0) is 6.07 Å². The normalized spacial score (nSPS) is 16.8. The number of hydrogen-bond acceptors (Lipinski definition) is 7. The van der Waals surface area contributed by atoms with Crippen LogP contribution in [0.1, 0.15) is 0 Å². The van der Waals surface area contributed by atoms with Crippen LogP contribution >= 0.6 is 0 Å². The Morgan fingerprint density at radius 2 is 2.13 bits per heavy atom. The smallest absolute Gasteiger partial charge is 0.273 e. The second-order valence-electron chi connectivity index (χ2n) is 5.82. The van der Waals surface area contributed by atoms with Crippen molar-refractivity contribution < 1.29 is 14.8 Å². The number of piperazine rings is 1. The maximum absolute atomic E-state index is 10.9. The largest absolute Gasteiger partial charge is 0.488 e. The molecule has 128 valence electrons. The summed E-state index contributed by atoms with van der Waals surface area (Å²) in [5.41, 5.74) is 0.715. The molecule has 0 aromatic heterocycles. The zero-order chi connectivity index (χ0) is 16.8. The highest BCUT2D eigenvalue weighted by Gasteiger charge is 2.17. The van der Waals surface area contributed by atoms with Crippen LogP contribution in [0.25, 0.3) is 0 Å². The van der Waals surface area contributed by atoms with Crippen LogP contribution in [0.3, 0.4) is 0 Å². The van der Waals surface area contributed by atoms with E-state index < -0.39 is 11.0 Å². The Hall–Kier alpha value is -1.90. The van der Waals surface area contributed by atoms with Crippen molar-refractivity contribution in [1.29, 1.82) is 0 Å². The third kappa shape index (κ3) is 5.05. The van der Waals surface area contributed by atoms with Gasteiger partial charge < -0.3 is 20.1 Å². The van der Waals surface area contributed by atoms with Gasteiger partial charge in [-0.25, -0.2) is 0 Å². The first-order valence-corrected chi connectivity index (χ1v) is 7.67. The Morgan fingerprint density at radius 3 is 2.74 bits per heavy atom. The molecular weight excluding hydrogens is 300 g/mol. The fourth-order valence-corrected chi connectivity index (χ4v) is 2.53. The van der Waals surface area contributed by atoms with E-state index in [0.717, 1.165) is 31.9 Å². The average Bonchev–Trinajstić information content (AvgIpc) is 2.53. The number of rotatable bonds is 7. The lowest BCUT2D eigenvalue weighted by atomic mass is 10.2. The molecule has 0 saturated carbocycles. The van der Waals surface area contributed by atoms with Crippen LogP contribution in [0.5, 0.6) is 5.75 Å². The summed E-state index contributed by atoms with van der Waals surface area (Å²) >= 11 is 0. The fourth-order valence-electron chi connectivity index (χ4n) is 2.53. The molecule has 1 atom stereocenters. The Bertz CT molecular complexity index is 532. The van der Waals surface area contributed by atoms with E-state index in [-0.39, 0.29) is 12.3 Å². The van der Waals surface area contributed by atoms with Gasteiger partial charge in [0, 0.05) is 52.9 Å². The first-order chi connectivity index (χ1) is 11.0. The average molecular weight is 324 g/mol. The Kier molecular flexibility index (Phi) is 6.14. The number of hydrogen-bond donors (Lipinski definition) is 2. The number of ether oxygens (including phenoxy) is 1. The lowest BCUT2D eigenvalue weighted by molar-refractivity contribution is -0.384. The van der Waals surface area contributed by atoms with Crippen LogP contribution < -0.4 is 15.0 Å². The van der Waals surface area contributed by atoms with Gasteiger partial charge in [0.05, 0.1) is 16.7 Å². The van der Waals surface area contributed by atoms with Crippen molar-refractivity contribution in [1.82, 2.24) is 10.2 Å². The van der Waals surface area contributed by atoms with E-state index in [2.05, 4.69) is 10.2 Å². The van der Waals surface area contributed by atoms with Gasteiger partial charge in [0.1, 0.15) is 18.5 Å².